The van der Waals surface area contributed by atoms with Gasteiger partial charge in [0, 0.05) is 24.5 Å². The van der Waals surface area contributed by atoms with Crippen molar-refractivity contribution in [2.75, 3.05) is 6.54 Å². The number of halogens is 5. The van der Waals surface area contributed by atoms with Crippen molar-refractivity contribution in [1.29, 1.82) is 0 Å². The topological polar surface area (TPSA) is 78.2 Å². The van der Waals surface area contributed by atoms with Crippen molar-refractivity contribution in [3.63, 3.8) is 0 Å². The van der Waals surface area contributed by atoms with E-state index in [0.29, 0.717) is 17.5 Å². The van der Waals surface area contributed by atoms with Gasteiger partial charge in [-0.25, -0.2) is 13.9 Å². The molecule has 0 fully saturated rings. The number of alkyl halides is 3. The fourth-order valence-electron chi connectivity index (χ4n) is 2.37. The molecule has 0 aromatic carbocycles. The predicted octanol–water partition coefficient (Wildman–Crippen LogP) is 2.81. The summed E-state index contributed by atoms with van der Waals surface area (Å²) in [6.45, 7) is -0.149. The third kappa shape index (κ3) is 4.17. The Kier molecular flexibility index (Phi) is 6.01. The standard InChI is InChI=1S/C16H13F4N5O.ClH/c17-6-10(7-21)9-25-15(26)24-4-3-11(5-14(24)23-25)12-1-2-13(22-8-12)16(18,19)20;/h1-6,8H,7,9,21H2;1H/b10-6+;. The average Bonchev–Trinajstić information content (AvgIpc) is 2.94. The highest BCUT2D eigenvalue weighted by molar-refractivity contribution is 5.85. The van der Waals surface area contributed by atoms with E-state index >= 15 is 0 Å². The van der Waals surface area contributed by atoms with Crippen LogP contribution < -0.4 is 11.4 Å². The quantitative estimate of drug-likeness (QED) is 0.679. The van der Waals surface area contributed by atoms with E-state index in [0.717, 1.165) is 16.9 Å². The van der Waals surface area contributed by atoms with Crippen molar-refractivity contribution in [2.45, 2.75) is 12.7 Å². The maximum absolute atomic E-state index is 12.7. The van der Waals surface area contributed by atoms with E-state index in [-0.39, 0.29) is 36.7 Å². The summed E-state index contributed by atoms with van der Waals surface area (Å²) in [6.07, 6.45) is -1.65. The lowest BCUT2D eigenvalue weighted by atomic mass is 10.1. The van der Waals surface area contributed by atoms with E-state index in [1.165, 1.54) is 22.7 Å². The number of hydrogen-bond donors (Lipinski definition) is 1. The predicted molar refractivity (Wildman–Crippen MR) is 93.2 cm³/mol. The number of hydrogen-bond acceptors (Lipinski definition) is 4. The van der Waals surface area contributed by atoms with Gasteiger partial charge in [0.25, 0.3) is 0 Å². The largest absolute Gasteiger partial charge is 0.433 e. The Labute approximate surface area is 156 Å². The van der Waals surface area contributed by atoms with Gasteiger partial charge in [-0.2, -0.15) is 13.2 Å². The van der Waals surface area contributed by atoms with Gasteiger partial charge in [0.1, 0.15) is 5.69 Å². The van der Waals surface area contributed by atoms with Crippen LogP contribution in [-0.2, 0) is 12.7 Å². The molecule has 0 aliphatic heterocycles. The van der Waals surface area contributed by atoms with Gasteiger partial charge in [0.2, 0.25) is 0 Å². The summed E-state index contributed by atoms with van der Waals surface area (Å²) in [4.78, 5) is 15.6. The summed E-state index contributed by atoms with van der Waals surface area (Å²) >= 11 is 0. The molecular weight excluding hydrogens is 390 g/mol. The first kappa shape index (κ1) is 20.6. The summed E-state index contributed by atoms with van der Waals surface area (Å²) in [7, 11) is 0. The summed E-state index contributed by atoms with van der Waals surface area (Å²) < 4.78 is 52.7. The molecule has 27 heavy (non-hydrogen) atoms. The maximum atomic E-state index is 12.7. The van der Waals surface area contributed by atoms with Crippen LogP contribution in [0.1, 0.15) is 5.69 Å². The van der Waals surface area contributed by atoms with Crippen LogP contribution in [0, 0.1) is 0 Å². The van der Waals surface area contributed by atoms with Crippen LogP contribution >= 0.6 is 12.4 Å². The molecule has 11 heteroatoms. The van der Waals surface area contributed by atoms with Gasteiger partial charge in [-0.1, -0.05) is 6.07 Å². The summed E-state index contributed by atoms with van der Waals surface area (Å²) in [5.74, 6) is 0. The number of aromatic nitrogens is 4. The molecule has 0 unspecified atom stereocenters. The maximum Gasteiger partial charge on any atom is 0.433 e. The van der Waals surface area contributed by atoms with E-state index in [1.807, 2.05) is 0 Å². The van der Waals surface area contributed by atoms with E-state index in [2.05, 4.69) is 10.1 Å². The van der Waals surface area contributed by atoms with Crippen LogP contribution in [-0.4, -0.2) is 25.7 Å². The number of nitrogens with two attached hydrogens (primary N) is 1. The number of pyridine rings is 2. The third-order valence-electron chi connectivity index (χ3n) is 3.74. The number of rotatable bonds is 4. The zero-order valence-electron chi connectivity index (χ0n) is 13.7. The molecule has 0 radical (unpaired) electrons. The monoisotopic (exact) mass is 403 g/mol. The number of fused-ring (bicyclic) bond motifs is 1. The molecule has 0 spiro atoms. The molecule has 3 heterocycles. The van der Waals surface area contributed by atoms with Gasteiger partial charge >= 0.3 is 11.9 Å². The summed E-state index contributed by atoms with van der Waals surface area (Å²) in [5.41, 5.74) is 5.34. The van der Waals surface area contributed by atoms with E-state index in [1.54, 1.807) is 6.07 Å². The lowest BCUT2D eigenvalue weighted by molar-refractivity contribution is -0.141. The normalized spacial score (nSPS) is 12.3. The fourth-order valence-corrected chi connectivity index (χ4v) is 2.37. The molecule has 0 saturated carbocycles. The Bertz CT molecular complexity index is 1020. The molecule has 0 amide bonds. The second kappa shape index (κ2) is 7.89. The van der Waals surface area contributed by atoms with Gasteiger partial charge in [0.15, 0.2) is 5.65 Å². The molecule has 0 aliphatic rings. The molecule has 0 atom stereocenters. The molecule has 3 rings (SSSR count). The van der Waals surface area contributed by atoms with Crippen LogP contribution in [0.2, 0.25) is 0 Å². The van der Waals surface area contributed by atoms with E-state index in [4.69, 9.17) is 5.73 Å². The highest BCUT2D eigenvalue weighted by Crippen LogP contribution is 2.29. The lowest BCUT2D eigenvalue weighted by Gasteiger charge is -2.06. The molecule has 3 aromatic rings. The van der Waals surface area contributed by atoms with Gasteiger partial charge < -0.3 is 5.73 Å². The Morgan fingerprint density at radius 3 is 2.52 bits per heavy atom. The SMILES string of the molecule is Cl.NC/C(=C\F)Cn1nc2cc(-c3ccc(C(F)(F)F)nc3)ccn2c1=O. The Morgan fingerprint density at radius 2 is 1.96 bits per heavy atom. The second-order valence-corrected chi connectivity index (χ2v) is 5.49. The average molecular weight is 404 g/mol. The molecule has 6 nitrogen and oxygen atoms in total. The van der Waals surface area contributed by atoms with E-state index in [9.17, 15) is 22.4 Å². The smallest absolute Gasteiger partial charge is 0.327 e. The Balaban J connectivity index is 0.00000261. The van der Waals surface area contributed by atoms with E-state index < -0.39 is 17.6 Å². The van der Waals surface area contributed by atoms with Crippen LogP contribution in [0.15, 0.2) is 53.4 Å². The van der Waals surface area contributed by atoms with Crippen LogP contribution in [0.5, 0.6) is 0 Å². The molecule has 0 bridgehead atoms. The van der Waals surface area contributed by atoms with Gasteiger partial charge in [-0.15, -0.1) is 17.5 Å². The van der Waals surface area contributed by atoms with Crippen molar-refractivity contribution in [3.8, 4) is 11.1 Å². The van der Waals surface area contributed by atoms with Crippen LogP contribution in [0.3, 0.4) is 0 Å². The minimum Gasteiger partial charge on any atom is -0.327 e. The lowest BCUT2D eigenvalue weighted by Crippen LogP contribution is -2.23. The Morgan fingerprint density at radius 1 is 1.22 bits per heavy atom. The third-order valence-corrected chi connectivity index (χ3v) is 3.74. The van der Waals surface area contributed by atoms with Gasteiger partial charge in [-0.3, -0.25) is 9.38 Å². The van der Waals surface area contributed by atoms with Crippen LogP contribution in [0.4, 0.5) is 17.6 Å². The fraction of sp³-hybridized carbons (Fsp3) is 0.188. The molecule has 0 aliphatic carbocycles. The molecule has 144 valence electrons. The zero-order valence-corrected chi connectivity index (χ0v) is 14.5. The first-order valence-electron chi connectivity index (χ1n) is 7.44. The zero-order chi connectivity index (χ0) is 18.9. The molecular formula is C16H14ClF4N5O. The first-order chi connectivity index (χ1) is 12.3. The first-order valence-corrected chi connectivity index (χ1v) is 7.44. The van der Waals surface area contributed by atoms with Crippen molar-refractivity contribution in [2.24, 2.45) is 5.73 Å². The number of nitrogens with zero attached hydrogens (tertiary/aromatic N) is 4. The molecule has 0 saturated heterocycles. The van der Waals surface area contributed by atoms with Crippen molar-refractivity contribution in [3.05, 3.63) is 64.7 Å². The van der Waals surface area contributed by atoms with Crippen molar-refractivity contribution < 1.29 is 17.6 Å². The summed E-state index contributed by atoms with van der Waals surface area (Å²) in [5, 5.41) is 4.09. The minimum absolute atomic E-state index is 0. The summed E-state index contributed by atoms with van der Waals surface area (Å²) in [6, 6.07) is 5.25. The second-order valence-electron chi connectivity index (χ2n) is 5.49. The van der Waals surface area contributed by atoms with Crippen molar-refractivity contribution >= 4 is 18.1 Å². The minimum atomic E-state index is -4.51. The molecule has 3 aromatic heterocycles. The van der Waals surface area contributed by atoms with Gasteiger partial charge in [0.05, 0.1) is 12.9 Å². The van der Waals surface area contributed by atoms with Crippen LogP contribution in [0.25, 0.3) is 16.8 Å². The van der Waals surface area contributed by atoms with Gasteiger partial charge in [-0.05, 0) is 29.3 Å². The highest BCUT2D eigenvalue weighted by atomic mass is 35.5. The highest BCUT2D eigenvalue weighted by Gasteiger charge is 2.32. The molecule has 2 N–H and O–H groups in total. The Hall–Kier alpha value is -2.72. The van der Waals surface area contributed by atoms with Crippen molar-refractivity contribution in [1.82, 2.24) is 19.2 Å².